The molecule has 0 unspecified atom stereocenters. The van der Waals surface area contributed by atoms with Gasteiger partial charge in [0, 0.05) is 29.5 Å². The van der Waals surface area contributed by atoms with Crippen LogP contribution in [0.25, 0.3) is 22.0 Å². The summed E-state index contributed by atoms with van der Waals surface area (Å²) >= 11 is 0. The molecule has 2 aliphatic rings. The smallest absolute Gasteiger partial charge is 0.255 e. The van der Waals surface area contributed by atoms with Crippen molar-refractivity contribution in [1.82, 2.24) is 15.2 Å². The molecule has 3 aromatic rings. The van der Waals surface area contributed by atoms with Crippen molar-refractivity contribution in [2.45, 2.75) is 25.4 Å². The summed E-state index contributed by atoms with van der Waals surface area (Å²) in [6.07, 6.45) is 0.585. The van der Waals surface area contributed by atoms with Gasteiger partial charge in [0.1, 0.15) is 11.9 Å². The van der Waals surface area contributed by atoms with Crippen LogP contribution in [0.3, 0.4) is 0 Å². The van der Waals surface area contributed by atoms with Crippen molar-refractivity contribution in [2.24, 2.45) is 0 Å². The number of carbonyl (C=O) groups excluding carboxylic acids is 3. The molecule has 1 atom stereocenters. The number of carbonyl (C=O) groups is 3. The fraction of sp³-hybridized carbons (Fsp3) is 0.182. The van der Waals surface area contributed by atoms with E-state index < -0.39 is 11.9 Å². The number of rotatable bonds is 2. The molecule has 0 aliphatic carbocycles. The number of aromatic nitrogens is 1. The highest BCUT2D eigenvalue weighted by Gasteiger charge is 2.39. The maximum absolute atomic E-state index is 12.8. The van der Waals surface area contributed by atoms with Gasteiger partial charge in [0.25, 0.3) is 5.91 Å². The van der Waals surface area contributed by atoms with E-state index >= 15 is 0 Å². The molecule has 7 heteroatoms. The van der Waals surface area contributed by atoms with E-state index in [1.807, 2.05) is 42.5 Å². The number of nitrogen functional groups attached to an aromatic ring is 1. The lowest BCUT2D eigenvalue weighted by Gasteiger charge is -2.29. The van der Waals surface area contributed by atoms with E-state index in [-0.39, 0.29) is 18.2 Å². The first kappa shape index (κ1) is 17.4. The first-order valence-corrected chi connectivity index (χ1v) is 9.44. The summed E-state index contributed by atoms with van der Waals surface area (Å²) in [5.74, 6) is -0.434. The maximum atomic E-state index is 12.8. The van der Waals surface area contributed by atoms with Gasteiger partial charge in [0.05, 0.1) is 5.69 Å². The molecule has 29 heavy (non-hydrogen) atoms. The normalized spacial score (nSPS) is 18.8. The molecule has 3 amide bonds. The Kier molecular flexibility index (Phi) is 3.84. The first-order valence-electron chi connectivity index (χ1n) is 9.44. The van der Waals surface area contributed by atoms with Crippen LogP contribution in [0.5, 0.6) is 0 Å². The zero-order chi connectivity index (χ0) is 20.1. The number of hydrogen-bond donors (Lipinski definition) is 2. The zero-order valence-corrected chi connectivity index (χ0v) is 15.5. The van der Waals surface area contributed by atoms with Crippen LogP contribution in [0.15, 0.2) is 48.5 Å². The number of fused-ring (bicyclic) bond motifs is 2. The van der Waals surface area contributed by atoms with Crippen molar-refractivity contribution < 1.29 is 14.4 Å². The minimum absolute atomic E-state index is 0.188. The molecule has 2 aliphatic heterocycles. The second kappa shape index (κ2) is 6.41. The van der Waals surface area contributed by atoms with E-state index in [0.29, 0.717) is 24.3 Å². The van der Waals surface area contributed by atoms with Gasteiger partial charge in [-0.1, -0.05) is 30.3 Å². The van der Waals surface area contributed by atoms with Gasteiger partial charge in [0.2, 0.25) is 11.8 Å². The van der Waals surface area contributed by atoms with Crippen LogP contribution in [-0.2, 0) is 16.1 Å². The largest absolute Gasteiger partial charge is 0.383 e. The third-order valence-electron chi connectivity index (χ3n) is 5.59. The van der Waals surface area contributed by atoms with Crippen molar-refractivity contribution in [1.29, 1.82) is 0 Å². The van der Waals surface area contributed by atoms with E-state index in [2.05, 4.69) is 10.3 Å². The van der Waals surface area contributed by atoms with E-state index in [1.54, 1.807) is 11.0 Å². The highest BCUT2D eigenvalue weighted by molar-refractivity contribution is 6.05. The third kappa shape index (κ3) is 2.82. The molecule has 2 aromatic carbocycles. The summed E-state index contributed by atoms with van der Waals surface area (Å²) < 4.78 is 0. The molecular formula is C22H18N4O3. The molecule has 1 fully saturated rings. The molecule has 0 saturated carbocycles. The van der Waals surface area contributed by atoms with Gasteiger partial charge in [-0.15, -0.1) is 0 Å². The number of nitrogens with two attached hydrogens (primary N) is 1. The van der Waals surface area contributed by atoms with Gasteiger partial charge in [-0.25, -0.2) is 4.98 Å². The molecule has 0 radical (unpaired) electrons. The molecule has 7 nitrogen and oxygen atoms in total. The van der Waals surface area contributed by atoms with Gasteiger partial charge in [-0.05, 0) is 35.6 Å². The van der Waals surface area contributed by atoms with E-state index in [4.69, 9.17) is 5.73 Å². The number of piperidine rings is 1. The number of nitrogens with one attached hydrogen (secondary N) is 1. The highest BCUT2D eigenvalue weighted by Crippen LogP contribution is 2.32. The molecule has 3 N–H and O–H groups in total. The summed E-state index contributed by atoms with van der Waals surface area (Å²) in [7, 11) is 0. The number of imide groups is 1. The van der Waals surface area contributed by atoms with Gasteiger partial charge >= 0.3 is 0 Å². The van der Waals surface area contributed by atoms with Crippen molar-refractivity contribution in [2.75, 3.05) is 5.73 Å². The fourth-order valence-corrected chi connectivity index (χ4v) is 4.11. The highest BCUT2D eigenvalue weighted by atomic mass is 16.2. The van der Waals surface area contributed by atoms with E-state index in [0.717, 1.165) is 27.6 Å². The molecule has 144 valence electrons. The summed E-state index contributed by atoms with van der Waals surface area (Å²) in [6, 6.07) is 14.7. The predicted octanol–water partition coefficient (Wildman–Crippen LogP) is 2.25. The first-order chi connectivity index (χ1) is 14.0. The number of nitrogens with zero attached hydrogens (tertiary/aromatic N) is 2. The molecule has 0 spiro atoms. The standard InChI is InChI=1S/C22H18N4O3/c23-20-15-4-2-1-3-12(15)10-17(24-20)13-5-6-16-14(9-13)11-26(22(16)29)18-7-8-19(27)25-21(18)28/h1-6,9-10,18H,7-8,11H2,(H2,23,24)(H,25,27,28)/t18-/m1/s1. The number of amides is 3. The number of hydrogen-bond acceptors (Lipinski definition) is 5. The summed E-state index contributed by atoms with van der Waals surface area (Å²) in [6.45, 7) is 0.331. The van der Waals surface area contributed by atoms with Crippen LogP contribution in [0.2, 0.25) is 0 Å². The van der Waals surface area contributed by atoms with Gasteiger partial charge in [-0.2, -0.15) is 0 Å². The minimum atomic E-state index is -0.620. The lowest BCUT2D eigenvalue weighted by atomic mass is 10.0. The Bertz CT molecular complexity index is 1200. The zero-order valence-electron chi connectivity index (χ0n) is 15.5. The van der Waals surface area contributed by atoms with E-state index in [1.165, 1.54) is 0 Å². The Morgan fingerprint density at radius 2 is 1.90 bits per heavy atom. The summed E-state index contributed by atoms with van der Waals surface area (Å²) in [4.78, 5) is 42.5. The van der Waals surface area contributed by atoms with Crippen molar-refractivity contribution >= 4 is 34.3 Å². The molecule has 5 rings (SSSR count). The lowest BCUT2D eigenvalue weighted by Crippen LogP contribution is -2.52. The third-order valence-corrected chi connectivity index (χ3v) is 5.59. The minimum Gasteiger partial charge on any atom is -0.383 e. The molecule has 1 saturated heterocycles. The maximum Gasteiger partial charge on any atom is 0.255 e. The van der Waals surface area contributed by atoms with Crippen LogP contribution in [-0.4, -0.2) is 33.6 Å². The number of pyridine rings is 1. The van der Waals surface area contributed by atoms with Gasteiger partial charge in [0.15, 0.2) is 0 Å². The van der Waals surface area contributed by atoms with Crippen LogP contribution >= 0.6 is 0 Å². The van der Waals surface area contributed by atoms with Crippen molar-refractivity contribution in [3.63, 3.8) is 0 Å². The summed E-state index contributed by atoms with van der Waals surface area (Å²) in [5, 5.41) is 4.22. The molecule has 3 heterocycles. The fourth-order valence-electron chi connectivity index (χ4n) is 4.11. The van der Waals surface area contributed by atoms with E-state index in [9.17, 15) is 14.4 Å². The predicted molar refractivity (Wildman–Crippen MR) is 108 cm³/mol. The molecule has 0 bridgehead atoms. The SMILES string of the molecule is Nc1nc(-c2ccc3c(c2)CN([C@@H]2CCC(=O)NC2=O)C3=O)cc2ccccc12. The van der Waals surface area contributed by atoms with Crippen molar-refractivity contribution in [3.8, 4) is 11.3 Å². The van der Waals surface area contributed by atoms with Crippen LogP contribution in [0.1, 0.15) is 28.8 Å². The molecular weight excluding hydrogens is 368 g/mol. The van der Waals surface area contributed by atoms with Crippen molar-refractivity contribution in [3.05, 3.63) is 59.7 Å². The second-order valence-corrected chi connectivity index (χ2v) is 7.39. The summed E-state index contributed by atoms with van der Waals surface area (Å²) in [5.41, 5.74) is 9.14. The van der Waals surface area contributed by atoms with Crippen LogP contribution in [0, 0.1) is 0 Å². The number of benzene rings is 2. The lowest BCUT2D eigenvalue weighted by molar-refractivity contribution is -0.136. The monoisotopic (exact) mass is 386 g/mol. The number of anilines is 1. The Labute approximate surface area is 166 Å². The second-order valence-electron chi connectivity index (χ2n) is 7.39. The Morgan fingerprint density at radius 1 is 1.07 bits per heavy atom. The van der Waals surface area contributed by atoms with Crippen LogP contribution in [0.4, 0.5) is 5.82 Å². The van der Waals surface area contributed by atoms with Gasteiger partial charge in [-0.3, -0.25) is 19.7 Å². The molecule has 1 aromatic heterocycles. The average molecular weight is 386 g/mol. The van der Waals surface area contributed by atoms with Gasteiger partial charge < -0.3 is 10.6 Å². The Balaban J connectivity index is 1.49. The quantitative estimate of drug-likeness (QED) is 0.657. The Hall–Kier alpha value is -3.74. The topological polar surface area (TPSA) is 105 Å². The Morgan fingerprint density at radius 3 is 2.72 bits per heavy atom. The average Bonchev–Trinajstić information content (AvgIpc) is 3.04. The van der Waals surface area contributed by atoms with Crippen LogP contribution < -0.4 is 11.1 Å².